The van der Waals surface area contributed by atoms with Crippen LogP contribution < -0.4 is 5.73 Å². The summed E-state index contributed by atoms with van der Waals surface area (Å²) in [6.07, 6.45) is 0. The van der Waals surface area contributed by atoms with E-state index in [2.05, 4.69) is 11.1 Å². The second kappa shape index (κ2) is 7.03. The van der Waals surface area contributed by atoms with Crippen LogP contribution in [0.15, 0.2) is 64.5 Å². The Labute approximate surface area is 169 Å². The van der Waals surface area contributed by atoms with Crippen molar-refractivity contribution < 1.29 is 4.92 Å². The molecule has 28 heavy (non-hydrogen) atoms. The van der Waals surface area contributed by atoms with Gasteiger partial charge in [-0.1, -0.05) is 35.5 Å². The van der Waals surface area contributed by atoms with E-state index in [1.54, 1.807) is 24.3 Å². The lowest BCUT2D eigenvalue weighted by Crippen LogP contribution is -2.35. The minimum Gasteiger partial charge on any atom is -0.383 e. The number of nitro benzene ring substituents is 1. The van der Waals surface area contributed by atoms with Crippen LogP contribution >= 0.6 is 23.4 Å². The monoisotopic (exact) mass is 409 g/mol. The Morgan fingerprint density at radius 3 is 2.43 bits per heavy atom. The quantitative estimate of drug-likeness (QED) is 0.601. The maximum absolute atomic E-state index is 10.9. The topological polar surface area (TPSA) is 109 Å². The number of nitrogens with zero attached hydrogens (tertiary/aromatic N) is 4. The van der Waals surface area contributed by atoms with Crippen LogP contribution in [-0.2, 0) is 0 Å². The predicted octanol–water partition coefficient (Wildman–Crippen LogP) is 4.18. The maximum atomic E-state index is 10.9. The van der Waals surface area contributed by atoms with E-state index < -0.39 is 4.92 Å². The summed E-state index contributed by atoms with van der Waals surface area (Å²) < 4.78 is 0. The summed E-state index contributed by atoms with van der Waals surface area (Å²) in [6.45, 7) is 0. The van der Waals surface area contributed by atoms with Crippen molar-refractivity contribution in [3.8, 4) is 6.07 Å². The number of thioether (sulfide) groups is 1. The summed E-state index contributed by atoms with van der Waals surface area (Å²) in [4.78, 5) is 16.8. The molecule has 0 spiro atoms. The molecule has 2 N–H and O–H groups in total. The molecule has 0 bridgehead atoms. The molecule has 1 atom stereocenters. The van der Waals surface area contributed by atoms with Gasteiger partial charge in [0.15, 0.2) is 5.50 Å². The molecule has 0 saturated carbocycles. The summed E-state index contributed by atoms with van der Waals surface area (Å²) in [5.74, 6) is 0.180. The summed E-state index contributed by atoms with van der Waals surface area (Å²) in [7, 11) is 0. The fourth-order valence-corrected chi connectivity index (χ4v) is 4.21. The van der Waals surface area contributed by atoms with Crippen molar-refractivity contribution in [3.63, 3.8) is 0 Å². The Morgan fingerprint density at radius 2 is 1.82 bits per heavy atom. The van der Waals surface area contributed by atoms with Gasteiger partial charge in [0.25, 0.3) is 5.69 Å². The van der Waals surface area contributed by atoms with Crippen molar-refractivity contribution in [2.45, 2.75) is 5.50 Å². The molecular formula is C19H12ClN5O2S. The normalized spacial score (nSPS) is 18.3. The zero-order valence-corrected chi connectivity index (χ0v) is 15.8. The van der Waals surface area contributed by atoms with Gasteiger partial charge in [-0.2, -0.15) is 5.26 Å². The fourth-order valence-electron chi connectivity index (χ4n) is 3.07. The maximum Gasteiger partial charge on any atom is 0.269 e. The zero-order chi connectivity index (χ0) is 19.8. The van der Waals surface area contributed by atoms with E-state index in [1.165, 1.54) is 23.9 Å². The van der Waals surface area contributed by atoms with Crippen LogP contribution in [0.5, 0.6) is 0 Å². The SMILES string of the molecule is N#CC1=C(c2ccc(Cl)cc2)N2C(c3ccc([N+](=O)[O-])cc3)=CSC2N=C1N. The van der Waals surface area contributed by atoms with Gasteiger partial charge in [-0.15, -0.1) is 0 Å². The van der Waals surface area contributed by atoms with E-state index in [9.17, 15) is 15.4 Å². The molecule has 0 aliphatic carbocycles. The summed E-state index contributed by atoms with van der Waals surface area (Å²) in [5, 5.41) is 23.1. The van der Waals surface area contributed by atoms with Crippen molar-refractivity contribution in [2.75, 3.05) is 0 Å². The third kappa shape index (κ3) is 3.01. The number of nitriles is 1. The lowest BCUT2D eigenvalue weighted by Gasteiger charge is -2.33. The van der Waals surface area contributed by atoms with Crippen LogP contribution in [0, 0.1) is 21.4 Å². The Kier molecular flexibility index (Phi) is 4.55. The molecule has 7 nitrogen and oxygen atoms in total. The Hall–Kier alpha value is -3.28. The van der Waals surface area contributed by atoms with E-state index in [-0.39, 0.29) is 22.6 Å². The molecular weight excluding hydrogens is 398 g/mol. The summed E-state index contributed by atoms with van der Waals surface area (Å²) in [6, 6.07) is 15.5. The Balaban J connectivity index is 1.83. The number of nitro groups is 1. The van der Waals surface area contributed by atoms with E-state index in [1.807, 2.05) is 22.4 Å². The highest BCUT2D eigenvalue weighted by Gasteiger charge is 2.37. The molecule has 0 aromatic heterocycles. The molecule has 0 fully saturated rings. The van der Waals surface area contributed by atoms with Gasteiger partial charge in [0.1, 0.15) is 17.5 Å². The molecule has 2 aliphatic heterocycles. The molecule has 138 valence electrons. The van der Waals surface area contributed by atoms with Gasteiger partial charge in [-0.25, -0.2) is 4.99 Å². The van der Waals surface area contributed by atoms with Crippen LogP contribution in [0.1, 0.15) is 11.1 Å². The molecule has 2 heterocycles. The van der Waals surface area contributed by atoms with Gasteiger partial charge in [-0.3, -0.25) is 10.1 Å². The Bertz CT molecular complexity index is 1100. The van der Waals surface area contributed by atoms with E-state index in [4.69, 9.17) is 17.3 Å². The highest BCUT2D eigenvalue weighted by atomic mass is 35.5. The fraction of sp³-hybridized carbons (Fsp3) is 0.0526. The lowest BCUT2D eigenvalue weighted by molar-refractivity contribution is -0.384. The average Bonchev–Trinajstić information content (AvgIpc) is 3.11. The zero-order valence-electron chi connectivity index (χ0n) is 14.2. The molecule has 1 unspecified atom stereocenters. The molecule has 2 aromatic rings. The van der Waals surface area contributed by atoms with Gasteiger partial charge in [0, 0.05) is 17.2 Å². The van der Waals surface area contributed by atoms with Crippen LogP contribution in [-0.4, -0.2) is 21.2 Å². The first kappa shape index (κ1) is 18.1. The third-order valence-corrected chi connectivity index (χ3v) is 5.54. The van der Waals surface area contributed by atoms with Gasteiger partial charge in [0.2, 0.25) is 0 Å². The molecule has 4 rings (SSSR count). The number of halogens is 1. The first-order chi connectivity index (χ1) is 13.5. The van der Waals surface area contributed by atoms with E-state index >= 15 is 0 Å². The summed E-state index contributed by atoms with van der Waals surface area (Å²) >= 11 is 7.46. The van der Waals surface area contributed by atoms with Crippen molar-refractivity contribution in [2.24, 2.45) is 10.7 Å². The van der Waals surface area contributed by atoms with Crippen molar-refractivity contribution in [3.05, 3.63) is 85.8 Å². The minimum atomic E-state index is -0.441. The second-order valence-electron chi connectivity index (χ2n) is 6.00. The smallest absolute Gasteiger partial charge is 0.269 e. The van der Waals surface area contributed by atoms with Crippen LogP contribution in [0.2, 0.25) is 5.02 Å². The number of hydrogen-bond donors (Lipinski definition) is 1. The average molecular weight is 410 g/mol. The summed E-state index contributed by atoms with van der Waals surface area (Å²) in [5.41, 5.74) is 8.95. The number of non-ortho nitro benzene ring substituents is 1. The van der Waals surface area contributed by atoms with E-state index in [0.29, 0.717) is 10.7 Å². The van der Waals surface area contributed by atoms with Crippen LogP contribution in [0.4, 0.5) is 5.69 Å². The predicted molar refractivity (Wildman–Crippen MR) is 110 cm³/mol. The Morgan fingerprint density at radius 1 is 1.18 bits per heavy atom. The lowest BCUT2D eigenvalue weighted by atomic mass is 10.0. The van der Waals surface area contributed by atoms with Crippen molar-refractivity contribution in [1.29, 1.82) is 5.26 Å². The largest absolute Gasteiger partial charge is 0.383 e. The van der Waals surface area contributed by atoms with Gasteiger partial charge in [-0.05, 0) is 40.8 Å². The molecule has 9 heteroatoms. The number of rotatable bonds is 3. The number of amidine groups is 1. The second-order valence-corrected chi connectivity index (χ2v) is 7.36. The molecule has 0 amide bonds. The number of benzene rings is 2. The third-order valence-electron chi connectivity index (χ3n) is 4.37. The highest BCUT2D eigenvalue weighted by Crippen LogP contribution is 2.46. The number of hydrogen-bond acceptors (Lipinski definition) is 7. The van der Waals surface area contributed by atoms with Gasteiger partial charge >= 0.3 is 0 Å². The minimum absolute atomic E-state index is 0.0126. The number of nitrogens with two attached hydrogens (primary N) is 1. The number of fused-ring (bicyclic) bond motifs is 1. The van der Waals surface area contributed by atoms with Gasteiger partial charge in [0.05, 0.1) is 16.3 Å². The molecule has 2 aromatic carbocycles. The van der Waals surface area contributed by atoms with Crippen molar-refractivity contribution >= 4 is 46.3 Å². The first-order valence-corrected chi connectivity index (χ1v) is 9.45. The van der Waals surface area contributed by atoms with Crippen LogP contribution in [0.25, 0.3) is 11.4 Å². The molecule has 0 radical (unpaired) electrons. The van der Waals surface area contributed by atoms with Crippen LogP contribution in [0.3, 0.4) is 0 Å². The molecule has 2 aliphatic rings. The number of aliphatic imine (C=N–C) groups is 1. The first-order valence-electron chi connectivity index (χ1n) is 8.13. The van der Waals surface area contributed by atoms with E-state index in [0.717, 1.165) is 16.8 Å². The highest BCUT2D eigenvalue weighted by molar-refractivity contribution is 8.03. The van der Waals surface area contributed by atoms with Crippen molar-refractivity contribution in [1.82, 2.24) is 4.90 Å². The standard InChI is InChI=1S/C19H12ClN5O2S/c20-13-5-1-12(2-6-13)17-15(9-21)18(22)23-19-24(17)16(10-28-19)11-3-7-14(8-4-11)25(26)27/h1-8,10,19H,(H2,22,23). The molecule has 0 saturated heterocycles. The van der Waals surface area contributed by atoms with Gasteiger partial charge < -0.3 is 10.6 Å².